The molecule has 1 nitrogen and oxygen atoms in total. The van der Waals surface area contributed by atoms with Gasteiger partial charge in [-0.2, -0.15) is 8.78 Å². The molecule has 0 N–H and O–H groups in total. The molecule has 0 radical (unpaired) electrons. The van der Waals surface area contributed by atoms with E-state index in [2.05, 4.69) is 20.7 Å². The van der Waals surface area contributed by atoms with Crippen LogP contribution in [-0.4, -0.2) is 6.61 Å². The number of alkyl halides is 3. The van der Waals surface area contributed by atoms with Gasteiger partial charge in [0.25, 0.3) is 0 Å². The Morgan fingerprint density at radius 3 is 2.40 bits per heavy atom. The molecule has 0 aromatic heterocycles. The number of ether oxygens (including phenoxy) is 1. The quantitative estimate of drug-likeness (QED) is 0.554. The minimum atomic E-state index is -2.93. The molecule has 6 heteroatoms. The highest BCUT2D eigenvalue weighted by molar-refractivity contribution is 9.09. The van der Waals surface area contributed by atoms with Crippen molar-refractivity contribution in [2.45, 2.75) is 11.4 Å². The lowest BCUT2D eigenvalue weighted by atomic mass is 10.0. The fourth-order valence-electron chi connectivity index (χ4n) is 1.73. The van der Waals surface area contributed by atoms with Crippen LogP contribution in [0.15, 0.2) is 42.5 Å². The average Bonchev–Trinajstić information content (AvgIpc) is 2.37. The van der Waals surface area contributed by atoms with Crippen LogP contribution in [0.5, 0.6) is 5.75 Å². The van der Waals surface area contributed by atoms with Gasteiger partial charge in [0.2, 0.25) is 0 Å². The molecule has 0 saturated heterocycles. The molecule has 0 spiro atoms. The summed E-state index contributed by atoms with van der Waals surface area (Å²) in [6, 6.07) is 9.08. The van der Waals surface area contributed by atoms with E-state index in [1.165, 1.54) is 24.3 Å². The van der Waals surface area contributed by atoms with E-state index in [0.717, 1.165) is 12.1 Å². The standard InChI is InChI=1S/C14H9BrF4O/c15-13(11-5-4-9(16)7-12(11)17)8-2-1-3-10(6-8)20-14(18)19/h1-7,13-14H. The zero-order valence-corrected chi connectivity index (χ0v) is 11.6. The molecule has 0 amide bonds. The Labute approximate surface area is 121 Å². The second-order valence-corrected chi connectivity index (χ2v) is 4.90. The summed E-state index contributed by atoms with van der Waals surface area (Å²) in [5.41, 5.74) is 0.731. The first-order chi connectivity index (χ1) is 9.47. The van der Waals surface area contributed by atoms with Crippen LogP contribution in [-0.2, 0) is 0 Å². The Morgan fingerprint density at radius 2 is 1.75 bits per heavy atom. The highest BCUT2D eigenvalue weighted by Crippen LogP contribution is 2.34. The largest absolute Gasteiger partial charge is 0.435 e. The minimum absolute atomic E-state index is 0.0236. The molecule has 0 aliphatic rings. The Bertz CT molecular complexity index is 603. The van der Waals surface area contributed by atoms with Crippen molar-refractivity contribution in [1.82, 2.24) is 0 Å². The van der Waals surface area contributed by atoms with E-state index in [-0.39, 0.29) is 11.3 Å². The topological polar surface area (TPSA) is 9.23 Å². The third-order valence-electron chi connectivity index (χ3n) is 2.61. The summed E-state index contributed by atoms with van der Waals surface area (Å²) < 4.78 is 55.1. The molecular weight excluding hydrogens is 340 g/mol. The van der Waals surface area contributed by atoms with Gasteiger partial charge in [0.15, 0.2) is 0 Å². The van der Waals surface area contributed by atoms with Gasteiger partial charge < -0.3 is 4.74 Å². The number of rotatable bonds is 4. The predicted octanol–water partition coefficient (Wildman–Crippen LogP) is 5.05. The van der Waals surface area contributed by atoms with E-state index < -0.39 is 23.1 Å². The average molecular weight is 349 g/mol. The van der Waals surface area contributed by atoms with Crippen LogP contribution in [0.4, 0.5) is 17.6 Å². The summed E-state index contributed by atoms with van der Waals surface area (Å²) in [6.45, 7) is -2.93. The monoisotopic (exact) mass is 348 g/mol. The van der Waals surface area contributed by atoms with Crippen LogP contribution in [0.25, 0.3) is 0 Å². The van der Waals surface area contributed by atoms with Gasteiger partial charge in [-0.05, 0) is 23.8 Å². The van der Waals surface area contributed by atoms with Crippen LogP contribution in [0, 0.1) is 11.6 Å². The van der Waals surface area contributed by atoms with E-state index >= 15 is 0 Å². The van der Waals surface area contributed by atoms with E-state index in [9.17, 15) is 17.6 Å². The summed E-state index contributed by atoms with van der Waals surface area (Å²) in [6.07, 6.45) is 0. The van der Waals surface area contributed by atoms with E-state index in [1.54, 1.807) is 6.07 Å². The Hall–Kier alpha value is -1.56. The zero-order chi connectivity index (χ0) is 14.7. The lowest BCUT2D eigenvalue weighted by Crippen LogP contribution is -2.03. The number of hydrogen-bond acceptors (Lipinski definition) is 1. The van der Waals surface area contributed by atoms with Gasteiger partial charge in [0.05, 0.1) is 4.83 Å². The molecule has 2 rings (SSSR count). The number of halogens is 5. The lowest BCUT2D eigenvalue weighted by molar-refractivity contribution is -0.0498. The van der Waals surface area contributed by atoms with Gasteiger partial charge in [-0.1, -0.05) is 34.1 Å². The zero-order valence-electron chi connectivity index (χ0n) is 9.99. The first-order valence-corrected chi connectivity index (χ1v) is 6.52. The highest BCUT2D eigenvalue weighted by Gasteiger charge is 2.16. The minimum Gasteiger partial charge on any atom is -0.435 e. The molecule has 0 aliphatic heterocycles. The van der Waals surface area contributed by atoms with Gasteiger partial charge >= 0.3 is 6.61 Å². The summed E-state index contributed by atoms with van der Waals surface area (Å²) in [7, 11) is 0. The van der Waals surface area contributed by atoms with E-state index in [1.807, 2.05) is 0 Å². The molecule has 0 aliphatic carbocycles. The summed E-state index contributed by atoms with van der Waals surface area (Å²) >= 11 is 3.26. The van der Waals surface area contributed by atoms with Crippen LogP contribution >= 0.6 is 15.9 Å². The molecular formula is C14H9BrF4O. The van der Waals surface area contributed by atoms with Crippen molar-refractivity contribution in [2.24, 2.45) is 0 Å². The number of hydrogen-bond donors (Lipinski definition) is 0. The van der Waals surface area contributed by atoms with Crippen molar-refractivity contribution in [3.8, 4) is 5.75 Å². The second kappa shape index (κ2) is 6.26. The maximum Gasteiger partial charge on any atom is 0.387 e. The third-order valence-corrected chi connectivity index (χ3v) is 3.63. The fourth-order valence-corrected chi connectivity index (χ4v) is 2.39. The fraction of sp³-hybridized carbons (Fsp3) is 0.143. The van der Waals surface area contributed by atoms with Crippen molar-refractivity contribution in [1.29, 1.82) is 0 Å². The Balaban J connectivity index is 2.30. The van der Waals surface area contributed by atoms with E-state index in [4.69, 9.17) is 0 Å². The third kappa shape index (κ3) is 3.50. The molecule has 0 heterocycles. The number of benzene rings is 2. The smallest absolute Gasteiger partial charge is 0.387 e. The first kappa shape index (κ1) is 14.8. The maximum absolute atomic E-state index is 13.7. The van der Waals surface area contributed by atoms with Gasteiger partial charge in [-0.25, -0.2) is 8.78 Å². The van der Waals surface area contributed by atoms with Crippen molar-refractivity contribution in [3.63, 3.8) is 0 Å². The second-order valence-electron chi connectivity index (χ2n) is 3.98. The Morgan fingerprint density at radius 1 is 1.00 bits per heavy atom. The molecule has 2 aromatic carbocycles. The normalized spacial score (nSPS) is 12.5. The van der Waals surface area contributed by atoms with Gasteiger partial charge in [0, 0.05) is 11.6 Å². The van der Waals surface area contributed by atoms with E-state index in [0.29, 0.717) is 5.56 Å². The summed E-state index contributed by atoms with van der Waals surface area (Å²) in [5, 5.41) is 0. The van der Waals surface area contributed by atoms with Crippen LogP contribution in [0.2, 0.25) is 0 Å². The molecule has 0 bridgehead atoms. The highest BCUT2D eigenvalue weighted by atomic mass is 79.9. The van der Waals surface area contributed by atoms with Crippen LogP contribution in [0.1, 0.15) is 16.0 Å². The molecule has 106 valence electrons. The molecule has 0 fully saturated rings. The maximum atomic E-state index is 13.7. The van der Waals surface area contributed by atoms with Crippen molar-refractivity contribution in [2.75, 3.05) is 0 Å². The predicted molar refractivity (Wildman–Crippen MR) is 70.2 cm³/mol. The molecule has 20 heavy (non-hydrogen) atoms. The molecule has 1 unspecified atom stereocenters. The SMILES string of the molecule is Fc1ccc(C(Br)c2cccc(OC(F)F)c2)c(F)c1. The Kier molecular flexibility index (Phi) is 4.65. The van der Waals surface area contributed by atoms with Gasteiger partial charge in [-0.3, -0.25) is 0 Å². The van der Waals surface area contributed by atoms with Gasteiger partial charge in [-0.15, -0.1) is 0 Å². The van der Waals surface area contributed by atoms with Crippen LogP contribution < -0.4 is 4.74 Å². The summed E-state index contributed by atoms with van der Waals surface area (Å²) in [5.74, 6) is -1.42. The van der Waals surface area contributed by atoms with Crippen molar-refractivity contribution in [3.05, 3.63) is 65.2 Å². The van der Waals surface area contributed by atoms with Crippen molar-refractivity contribution < 1.29 is 22.3 Å². The first-order valence-electron chi connectivity index (χ1n) is 5.61. The molecule has 0 saturated carbocycles. The molecule has 2 aromatic rings. The molecule has 1 atom stereocenters. The summed E-state index contributed by atoms with van der Waals surface area (Å²) in [4.78, 5) is -0.593. The van der Waals surface area contributed by atoms with Crippen molar-refractivity contribution >= 4 is 15.9 Å². The lowest BCUT2D eigenvalue weighted by Gasteiger charge is -2.13. The van der Waals surface area contributed by atoms with Gasteiger partial charge in [0.1, 0.15) is 17.4 Å². The van der Waals surface area contributed by atoms with Crippen LogP contribution in [0.3, 0.4) is 0 Å².